The fraction of sp³-hybridized carbons (Fsp3) is 0.118. The van der Waals surface area contributed by atoms with Crippen molar-refractivity contribution >= 4 is 33.6 Å². The highest BCUT2D eigenvalue weighted by atomic mass is 79.9. The smallest absolute Gasteiger partial charge is 0.248 e. The van der Waals surface area contributed by atoms with E-state index >= 15 is 0 Å². The number of nitrogens with one attached hydrogen (secondary N) is 1. The summed E-state index contributed by atoms with van der Waals surface area (Å²) in [5.74, 6) is 1.83. The van der Waals surface area contributed by atoms with E-state index < -0.39 is 0 Å². The van der Waals surface area contributed by atoms with Gasteiger partial charge in [0, 0.05) is 17.8 Å². The summed E-state index contributed by atoms with van der Waals surface area (Å²) in [6, 6.07) is 10.8. The number of hydrogen-bond acceptors (Lipinski definition) is 4. The third kappa shape index (κ3) is 3.65. The van der Waals surface area contributed by atoms with Crippen LogP contribution in [0.2, 0.25) is 0 Å². The van der Waals surface area contributed by atoms with E-state index in [1.54, 1.807) is 31.4 Å². The van der Waals surface area contributed by atoms with Gasteiger partial charge in [0.05, 0.1) is 11.6 Å². The van der Waals surface area contributed by atoms with Crippen LogP contribution >= 0.6 is 15.9 Å². The fourth-order valence-electron chi connectivity index (χ4n) is 2.12. The molecule has 1 aliphatic rings. The van der Waals surface area contributed by atoms with E-state index in [0.29, 0.717) is 17.2 Å². The summed E-state index contributed by atoms with van der Waals surface area (Å²) in [6.07, 6.45) is 3.20. The Balaban J connectivity index is 1.66. The molecule has 1 amide bonds. The average Bonchev–Trinajstić information content (AvgIpc) is 3.01. The number of hydrogen-bond donors (Lipinski definition) is 1. The summed E-state index contributed by atoms with van der Waals surface area (Å²) in [4.78, 5) is 12.0. The lowest BCUT2D eigenvalue weighted by atomic mass is 10.2. The molecule has 1 N–H and O–H groups in total. The number of methoxy groups -OCH3 is 1. The van der Waals surface area contributed by atoms with Crippen molar-refractivity contribution in [2.24, 2.45) is 0 Å². The average molecular weight is 376 g/mol. The van der Waals surface area contributed by atoms with E-state index in [9.17, 15) is 4.79 Å². The lowest BCUT2D eigenvalue weighted by Gasteiger charge is -2.04. The number of ether oxygens (including phenoxy) is 3. The first-order valence-corrected chi connectivity index (χ1v) is 7.67. The Hall–Kier alpha value is -2.47. The zero-order chi connectivity index (χ0) is 16.2. The molecule has 23 heavy (non-hydrogen) atoms. The van der Waals surface area contributed by atoms with Crippen LogP contribution in [0.5, 0.6) is 17.2 Å². The molecule has 6 heteroatoms. The fourth-order valence-corrected chi connectivity index (χ4v) is 2.67. The maximum absolute atomic E-state index is 12.0. The van der Waals surface area contributed by atoms with Gasteiger partial charge in [-0.05, 0) is 51.8 Å². The van der Waals surface area contributed by atoms with Crippen molar-refractivity contribution < 1.29 is 19.0 Å². The van der Waals surface area contributed by atoms with Gasteiger partial charge in [0.25, 0.3) is 0 Å². The van der Waals surface area contributed by atoms with Crippen molar-refractivity contribution in [2.75, 3.05) is 19.2 Å². The van der Waals surface area contributed by atoms with Gasteiger partial charge in [-0.3, -0.25) is 4.79 Å². The standard InChI is InChI=1S/C17H14BrNO4/c1-21-14-5-2-11(8-13(14)18)3-7-17(20)19-12-4-6-15-16(9-12)23-10-22-15/h2-9H,10H2,1H3,(H,19,20)/b7-3+. The predicted molar refractivity (Wildman–Crippen MR) is 90.9 cm³/mol. The number of anilines is 1. The number of fused-ring (bicyclic) bond motifs is 1. The first kappa shape index (κ1) is 15.4. The van der Waals surface area contributed by atoms with Crippen molar-refractivity contribution in [1.82, 2.24) is 0 Å². The number of rotatable bonds is 4. The van der Waals surface area contributed by atoms with Gasteiger partial charge < -0.3 is 19.5 Å². The Kier molecular flexibility index (Phi) is 4.52. The van der Waals surface area contributed by atoms with Gasteiger partial charge in [0.15, 0.2) is 11.5 Å². The third-order valence-corrected chi connectivity index (χ3v) is 3.86. The molecular weight excluding hydrogens is 362 g/mol. The van der Waals surface area contributed by atoms with Crippen molar-refractivity contribution in [1.29, 1.82) is 0 Å². The van der Waals surface area contributed by atoms with Crippen molar-refractivity contribution in [3.8, 4) is 17.2 Å². The maximum Gasteiger partial charge on any atom is 0.248 e. The van der Waals surface area contributed by atoms with E-state index in [1.807, 2.05) is 18.2 Å². The molecule has 0 bridgehead atoms. The van der Waals surface area contributed by atoms with Gasteiger partial charge in [-0.15, -0.1) is 0 Å². The Labute approximate surface area is 142 Å². The second-order valence-electron chi connectivity index (χ2n) is 4.78. The summed E-state index contributed by atoms with van der Waals surface area (Å²) in [5.41, 5.74) is 1.54. The molecule has 0 aliphatic carbocycles. The van der Waals surface area contributed by atoms with Crippen molar-refractivity contribution in [3.05, 3.63) is 52.5 Å². The molecule has 0 spiro atoms. The van der Waals surface area contributed by atoms with Crippen LogP contribution in [0.15, 0.2) is 46.9 Å². The number of carbonyl (C=O) groups excluding carboxylic acids is 1. The van der Waals surface area contributed by atoms with Gasteiger partial charge in [-0.1, -0.05) is 6.07 Å². The van der Waals surface area contributed by atoms with E-state index in [-0.39, 0.29) is 12.7 Å². The summed E-state index contributed by atoms with van der Waals surface area (Å²) in [5, 5.41) is 2.78. The summed E-state index contributed by atoms with van der Waals surface area (Å²) in [7, 11) is 1.61. The topological polar surface area (TPSA) is 56.8 Å². The summed E-state index contributed by atoms with van der Waals surface area (Å²) < 4.78 is 16.5. The molecule has 1 aliphatic heterocycles. The molecule has 0 unspecified atom stereocenters. The van der Waals surface area contributed by atoms with Crippen LogP contribution in [0.25, 0.3) is 6.08 Å². The van der Waals surface area contributed by atoms with E-state index in [0.717, 1.165) is 15.8 Å². The first-order valence-electron chi connectivity index (χ1n) is 6.88. The molecule has 0 saturated carbocycles. The molecule has 1 heterocycles. The van der Waals surface area contributed by atoms with Crippen molar-refractivity contribution in [2.45, 2.75) is 0 Å². The third-order valence-electron chi connectivity index (χ3n) is 3.24. The lowest BCUT2D eigenvalue weighted by Crippen LogP contribution is -2.07. The second-order valence-corrected chi connectivity index (χ2v) is 5.64. The largest absolute Gasteiger partial charge is 0.496 e. The Morgan fingerprint density at radius 2 is 2.04 bits per heavy atom. The maximum atomic E-state index is 12.0. The van der Waals surface area contributed by atoms with Crippen LogP contribution in [-0.4, -0.2) is 19.8 Å². The number of carbonyl (C=O) groups is 1. The summed E-state index contributed by atoms with van der Waals surface area (Å²) in [6.45, 7) is 0.207. The molecule has 2 aromatic rings. The van der Waals surface area contributed by atoms with Gasteiger partial charge >= 0.3 is 0 Å². The van der Waals surface area contributed by atoms with Crippen LogP contribution in [0, 0.1) is 0 Å². The minimum Gasteiger partial charge on any atom is -0.496 e. The number of benzene rings is 2. The molecule has 5 nitrogen and oxygen atoms in total. The minimum atomic E-state index is -0.226. The zero-order valence-corrected chi connectivity index (χ0v) is 13.9. The zero-order valence-electron chi connectivity index (χ0n) is 12.3. The normalized spacial score (nSPS) is 12.4. The molecular formula is C17H14BrNO4. The number of halogens is 1. The van der Waals surface area contributed by atoms with Crippen LogP contribution in [0.3, 0.4) is 0 Å². The highest BCUT2D eigenvalue weighted by molar-refractivity contribution is 9.10. The van der Waals surface area contributed by atoms with Gasteiger partial charge in [0.1, 0.15) is 5.75 Å². The Bertz CT molecular complexity index is 773. The van der Waals surface area contributed by atoms with Gasteiger partial charge in [-0.25, -0.2) is 0 Å². The number of amides is 1. The lowest BCUT2D eigenvalue weighted by molar-refractivity contribution is -0.111. The van der Waals surface area contributed by atoms with Crippen LogP contribution in [0.4, 0.5) is 5.69 Å². The van der Waals surface area contributed by atoms with Gasteiger partial charge in [-0.2, -0.15) is 0 Å². The molecule has 2 aromatic carbocycles. The SMILES string of the molecule is COc1ccc(/C=C/C(=O)Nc2ccc3c(c2)OCO3)cc1Br. The molecule has 0 atom stereocenters. The van der Waals surface area contributed by atoms with Crippen LogP contribution in [0.1, 0.15) is 5.56 Å². The highest BCUT2D eigenvalue weighted by Crippen LogP contribution is 2.34. The van der Waals surface area contributed by atoms with Crippen LogP contribution < -0.4 is 19.5 Å². The second kappa shape index (κ2) is 6.75. The molecule has 0 aromatic heterocycles. The monoisotopic (exact) mass is 375 g/mol. The molecule has 0 radical (unpaired) electrons. The Morgan fingerprint density at radius 3 is 2.83 bits per heavy atom. The summed E-state index contributed by atoms with van der Waals surface area (Å²) >= 11 is 3.41. The molecule has 118 valence electrons. The quantitative estimate of drug-likeness (QED) is 0.824. The molecule has 0 saturated heterocycles. The van der Waals surface area contributed by atoms with E-state index in [1.165, 1.54) is 6.08 Å². The van der Waals surface area contributed by atoms with E-state index in [4.69, 9.17) is 14.2 Å². The van der Waals surface area contributed by atoms with Crippen molar-refractivity contribution in [3.63, 3.8) is 0 Å². The highest BCUT2D eigenvalue weighted by Gasteiger charge is 2.13. The van der Waals surface area contributed by atoms with Gasteiger partial charge in [0.2, 0.25) is 12.7 Å². The minimum absolute atomic E-state index is 0.207. The molecule has 3 rings (SSSR count). The van der Waals surface area contributed by atoms with E-state index in [2.05, 4.69) is 21.2 Å². The first-order chi connectivity index (χ1) is 11.2. The molecule has 0 fully saturated rings. The Morgan fingerprint density at radius 1 is 1.22 bits per heavy atom. The predicted octanol–water partition coefficient (Wildman–Crippen LogP) is 3.84. The van der Waals surface area contributed by atoms with Crippen LogP contribution in [-0.2, 0) is 4.79 Å².